The van der Waals surface area contributed by atoms with E-state index in [0.717, 1.165) is 11.1 Å². The van der Waals surface area contributed by atoms with Crippen LogP contribution in [0.25, 0.3) is 11.1 Å². The molecule has 18 heavy (non-hydrogen) atoms. The van der Waals surface area contributed by atoms with Gasteiger partial charge in [-0.1, -0.05) is 48.5 Å². The van der Waals surface area contributed by atoms with Crippen molar-refractivity contribution in [3.05, 3.63) is 54.6 Å². The Balaban J connectivity index is 0.000000280. The maximum absolute atomic E-state index is 9.56. The lowest BCUT2D eigenvalue weighted by molar-refractivity contribution is 0.110. The zero-order chi connectivity index (χ0) is 13.4. The second kappa shape index (κ2) is 7.48. The van der Waals surface area contributed by atoms with E-state index >= 15 is 0 Å². The van der Waals surface area contributed by atoms with Gasteiger partial charge in [-0.15, -0.1) is 0 Å². The molecule has 0 saturated carbocycles. The molecule has 3 nitrogen and oxygen atoms in total. The van der Waals surface area contributed by atoms with Crippen LogP contribution in [-0.2, 0) is 0 Å². The number of phenols is 1. The molecule has 2 aromatic carbocycles. The van der Waals surface area contributed by atoms with Crippen molar-refractivity contribution in [2.24, 2.45) is 0 Å². The van der Waals surface area contributed by atoms with Crippen molar-refractivity contribution in [3.63, 3.8) is 0 Å². The Morgan fingerprint density at radius 1 is 0.944 bits per heavy atom. The van der Waals surface area contributed by atoms with Crippen molar-refractivity contribution in [2.75, 3.05) is 6.61 Å². The Morgan fingerprint density at radius 3 is 1.94 bits per heavy atom. The third-order valence-electron chi connectivity index (χ3n) is 2.25. The van der Waals surface area contributed by atoms with Gasteiger partial charge < -0.3 is 15.3 Å². The number of aliphatic hydroxyl groups is 2. The van der Waals surface area contributed by atoms with Crippen molar-refractivity contribution >= 4 is 0 Å². The normalized spacial score (nSPS) is 11.3. The van der Waals surface area contributed by atoms with Gasteiger partial charge in [0.2, 0.25) is 0 Å². The van der Waals surface area contributed by atoms with Gasteiger partial charge >= 0.3 is 0 Å². The average Bonchev–Trinajstić information content (AvgIpc) is 2.41. The second-order valence-corrected chi connectivity index (χ2v) is 3.91. The minimum Gasteiger partial charge on any atom is -0.507 e. The quantitative estimate of drug-likeness (QED) is 0.762. The molecule has 0 aliphatic rings. The highest BCUT2D eigenvalue weighted by molar-refractivity contribution is 5.69. The van der Waals surface area contributed by atoms with Gasteiger partial charge in [-0.25, -0.2) is 0 Å². The number of benzene rings is 2. The highest BCUT2D eigenvalue weighted by atomic mass is 16.3. The van der Waals surface area contributed by atoms with Crippen molar-refractivity contribution < 1.29 is 15.3 Å². The van der Waals surface area contributed by atoms with Crippen LogP contribution in [0.15, 0.2) is 54.6 Å². The third kappa shape index (κ3) is 4.57. The first kappa shape index (κ1) is 14.2. The van der Waals surface area contributed by atoms with Crippen LogP contribution in [0.1, 0.15) is 6.92 Å². The fraction of sp³-hybridized carbons (Fsp3) is 0.200. The Morgan fingerprint density at radius 2 is 1.44 bits per heavy atom. The standard InChI is InChI=1S/C12H10O.C3H8O2/c13-12-9-5-4-8-11(12)10-6-2-1-3-7-10;1-3(5)2-4/h1-9,13H;3-5H,2H2,1H3. The summed E-state index contributed by atoms with van der Waals surface area (Å²) in [4.78, 5) is 0. The van der Waals surface area contributed by atoms with Crippen LogP contribution in [-0.4, -0.2) is 28.0 Å². The van der Waals surface area contributed by atoms with Crippen LogP contribution in [0.2, 0.25) is 0 Å². The molecule has 0 saturated heterocycles. The van der Waals surface area contributed by atoms with E-state index in [1.54, 1.807) is 6.07 Å². The van der Waals surface area contributed by atoms with E-state index in [9.17, 15) is 5.11 Å². The topological polar surface area (TPSA) is 60.7 Å². The first-order chi connectivity index (χ1) is 8.65. The number of hydrogen-bond acceptors (Lipinski definition) is 3. The lowest BCUT2D eigenvalue weighted by Crippen LogP contribution is -2.03. The largest absolute Gasteiger partial charge is 0.507 e. The Hall–Kier alpha value is -1.84. The molecule has 0 radical (unpaired) electrons. The summed E-state index contributed by atoms with van der Waals surface area (Å²) in [6, 6.07) is 17.2. The maximum atomic E-state index is 9.56. The molecule has 96 valence electrons. The molecule has 0 fully saturated rings. The molecule has 1 unspecified atom stereocenters. The monoisotopic (exact) mass is 246 g/mol. The summed E-state index contributed by atoms with van der Waals surface area (Å²) in [6.07, 6.45) is -0.560. The molecule has 1 atom stereocenters. The van der Waals surface area contributed by atoms with E-state index in [4.69, 9.17) is 10.2 Å². The molecule has 3 heteroatoms. The minimum absolute atomic E-state index is 0.139. The fourth-order valence-electron chi connectivity index (χ4n) is 1.34. The summed E-state index contributed by atoms with van der Waals surface area (Å²) in [7, 11) is 0. The summed E-state index contributed by atoms with van der Waals surface area (Å²) in [6.45, 7) is 1.39. The zero-order valence-corrected chi connectivity index (χ0v) is 10.3. The van der Waals surface area contributed by atoms with E-state index in [1.165, 1.54) is 6.92 Å². The van der Waals surface area contributed by atoms with Gasteiger partial charge in [-0.2, -0.15) is 0 Å². The number of rotatable bonds is 2. The lowest BCUT2D eigenvalue weighted by Gasteiger charge is -2.02. The highest BCUT2D eigenvalue weighted by Crippen LogP contribution is 2.27. The Labute approximate surface area is 107 Å². The average molecular weight is 246 g/mol. The molecule has 0 amide bonds. The van der Waals surface area contributed by atoms with Crippen LogP contribution in [0.5, 0.6) is 5.75 Å². The fourth-order valence-corrected chi connectivity index (χ4v) is 1.34. The number of aromatic hydroxyl groups is 1. The summed E-state index contributed by atoms with van der Waals surface area (Å²) in [5.74, 6) is 0.328. The molecular formula is C15H18O3. The second-order valence-electron chi connectivity index (χ2n) is 3.91. The molecular weight excluding hydrogens is 228 g/mol. The van der Waals surface area contributed by atoms with E-state index in [0.29, 0.717) is 5.75 Å². The molecule has 0 heterocycles. The first-order valence-corrected chi connectivity index (χ1v) is 5.77. The lowest BCUT2D eigenvalue weighted by atomic mass is 10.1. The molecule has 2 aromatic rings. The molecule has 0 bridgehead atoms. The van der Waals surface area contributed by atoms with E-state index in [-0.39, 0.29) is 6.61 Å². The van der Waals surface area contributed by atoms with Gasteiger partial charge in [-0.3, -0.25) is 0 Å². The smallest absolute Gasteiger partial charge is 0.123 e. The van der Waals surface area contributed by atoms with Crippen molar-refractivity contribution in [1.82, 2.24) is 0 Å². The maximum Gasteiger partial charge on any atom is 0.123 e. The minimum atomic E-state index is -0.560. The molecule has 3 N–H and O–H groups in total. The van der Waals surface area contributed by atoms with Gasteiger partial charge in [0.25, 0.3) is 0 Å². The highest BCUT2D eigenvalue weighted by Gasteiger charge is 2.00. The van der Waals surface area contributed by atoms with E-state index in [1.807, 2.05) is 48.5 Å². The molecule has 0 spiro atoms. The summed E-state index contributed by atoms with van der Waals surface area (Å²) >= 11 is 0. The van der Waals surface area contributed by atoms with Crippen molar-refractivity contribution in [2.45, 2.75) is 13.0 Å². The molecule has 0 aliphatic carbocycles. The van der Waals surface area contributed by atoms with Gasteiger partial charge in [0, 0.05) is 5.56 Å². The van der Waals surface area contributed by atoms with Gasteiger partial charge in [-0.05, 0) is 18.6 Å². The van der Waals surface area contributed by atoms with Crippen LogP contribution in [0.4, 0.5) is 0 Å². The Bertz CT molecular complexity index is 452. The predicted octanol–water partition coefficient (Wildman–Crippen LogP) is 2.42. The van der Waals surface area contributed by atoms with Crippen LogP contribution in [0, 0.1) is 0 Å². The summed E-state index contributed by atoms with van der Waals surface area (Å²) < 4.78 is 0. The first-order valence-electron chi connectivity index (χ1n) is 5.77. The molecule has 0 aromatic heterocycles. The van der Waals surface area contributed by atoms with Gasteiger partial charge in [0.15, 0.2) is 0 Å². The predicted molar refractivity (Wildman–Crippen MR) is 72.3 cm³/mol. The molecule has 0 aliphatic heterocycles. The molecule has 2 rings (SSSR count). The number of aliphatic hydroxyl groups excluding tert-OH is 2. The summed E-state index contributed by atoms with van der Waals surface area (Å²) in [5, 5.41) is 25.6. The van der Waals surface area contributed by atoms with Crippen LogP contribution in [0.3, 0.4) is 0 Å². The number of phenolic OH excluding ortho intramolecular Hbond substituents is 1. The number of hydrogen-bond donors (Lipinski definition) is 3. The van der Waals surface area contributed by atoms with Crippen LogP contribution >= 0.6 is 0 Å². The van der Waals surface area contributed by atoms with E-state index < -0.39 is 6.10 Å². The third-order valence-corrected chi connectivity index (χ3v) is 2.25. The van der Waals surface area contributed by atoms with E-state index in [2.05, 4.69) is 0 Å². The zero-order valence-electron chi connectivity index (χ0n) is 10.3. The van der Waals surface area contributed by atoms with Gasteiger partial charge in [0.05, 0.1) is 12.7 Å². The Kier molecular flexibility index (Phi) is 5.91. The van der Waals surface area contributed by atoms with Crippen molar-refractivity contribution in [3.8, 4) is 16.9 Å². The van der Waals surface area contributed by atoms with Crippen molar-refractivity contribution in [1.29, 1.82) is 0 Å². The van der Waals surface area contributed by atoms with Gasteiger partial charge in [0.1, 0.15) is 5.75 Å². The van der Waals surface area contributed by atoms with Crippen LogP contribution < -0.4 is 0 Å². The number of para-hydroxylation sites is 1. The summed E-state index contributed by atoms with van der Waals surface area (Å²) in [5.41, 5.74) is 1.92. The SMILES string of the molecule is CC(O)CO.Oc1ccccc1-c1ccccc1.